The van der Waals surface area contributed by atoms with Gasteiger partial charge in [0.1, 0.15) is 23.2 Å². The van der Waals surface area contributed by atoms with Crippen molar-refractivity contribution in [3.63, 3.8) is 0 Å². The summed E-state index contributed by atoms with van der Waals surface area (Å²) in [5.41, 5.74) is 0.140. The van der Waals surface area contributed by atoms with Crippen LogP contribution >= 0.6 is 0 Å². The summed E-state index contributed by atoms with van der Waals surface area (Å²) in [6.45, 7) is 6.73. The van der Waals surface area contributed by atoms with Crippen LogP contribution in [0, 0.1) is 17.0 Å². The summed E-state index contributed by atoms with van der Waals surface area (Å²) in [5, 5.41) is 22.9. The number of amides is 1. The standard InChI is InChI=1S/C19H22N2O7/c1-11-5-7-13(15(9-11)21(25)26)16-8-6-12(27-16)10-14(17(22)23)20-18(24)28-19(2,3)4/h5-9,14H,10H2,1-4H3,(H,20,24)(H,22,23). The predicted molar refractivity (Wildman–Crippen MR) is 100 cm³/mol. The fourth-order valence-electron chi connectivity index (χ4n) is 2.48. The molecule has 0 spiro atoms. The molecule has 0 bridgehead atoms. The molecular formula is C19H22N2O7. The van der Waals surface area contributed by atoms with Gasteiger partial charge in [-0.1, -0.05) is 6.07 Å². The summed E-state index contributed by atoms with van der Waals surface area (Å²) in [7, 11) is 0. The highest BCUT2D eigenvalue weighted by atomic mass is 16.6. The number of carboxylic acids is 1. The Hall–Kier alpha value is -3.36. The van der Waals surface area contributed by atoms with Gasteiger partial charge in [0.15, 0.2) is 0 Å². The number of nitrogens with zero attached hydrogens (tertiary/aromatic N) is 1. The lowest BCUT2D eigenvalue weighted by atomic mass is 10.1. The Morgan fingerprint density at radius 2 is 1.96 bits per heavy atom. The number of carboxylic acid groups (broad SMARTS) is 1. The largest absolute Gasteiger partial charge is 0.480 e. The third-order valence-electron chi connectivity index (χ3n) is 3.67. The Bertz CT molecular complexity index is 896. The minimum Gasteiger partial charge on any atom is -0.480 e. The second kappa shape index (κ2) is 8.12. The van der Waals surface area contributed by atoms with E-state index in [9.17, 15) is 24.8 Å². The fourth-order valence-corrected chi connectivity index (χ4v) is 2.48. The van der Waals surface area contributed by atoms with Gasteiger partial charge in [-0.15, -0.1) is 0 Å². The van der Waals surface area contributed by atoms with Crippen molar-refractivity contribution in [1.82, 2.24) is 5.32 Å². The number of ether oxygens (including phenoxy) is 1. The first-order valence-electron chi connectivity index (χ1n) is 8.52. The molecule has 28 heavy (non-hydrogen) atoms. The molecule has 2 rings (SSSR count). The SMILES string of the molecule is Cc1ccc(-c2ccc(CC(NC(=O)OC(C)(C)C)C(=O)O)o2)c([N+](=O)[O-])c1. The van der Waals surface area contributed by atoms with Gasteiger partial charge >= 0.3 is 12.1 Å². The number of alkyl carbamates (subject to hydrolysis) is 1. The molecule has 9 nitrogen and oxygen atoms in total. The number of aryl methyl sites for hydroxylation is 1. The number of nitrogens with one attached hydrogen (secondary N) is 1. The molecule has 0 saturated heterocycles. The number of benzene rings is 1. The first kappa shape index (κ1) is 20.9. The van der Waals surface area contributed by atoms with Crippen molar-refractivity contribution in [1.29, 1.82) is 0 Å². The van der Waals surface area contributed by atoms with Crippen LogP contribution in [0.15, 0.2) is 34.7 Å². The zero-order chi connectivity index (χ0) is 21.1. The van der Waals surface area contributed by atoms with Crippen LogP contribution in [0.2, 0.25) is 0 Å². The van der Waals surface area contributed by atoms with Gasteiger partial charge in [0.05, 0.1) is 10.5 Å². The lowest BCUT2D eigenvalue weighted by Crippen LogP contribution is -2.44. The van der Waals surface area contributed by atoms with E-state index < -0.39 is 28.6 Å². The summed E-state index contributed by atoms with van der Waals surface area (Å²) in [6.07, 6.45) is -1.00. The summed E-state index contributed by atoms with van der Waals surface area (Å²) in [6, 6.07) is 6.49. The number of hydrogen-bond donors (Lipinski definition) is 2. The minimum atomic E-state index is -1.28. The maximum atomic E-state index is 11.8. The average molecular weight is 390 g/mol. The van der Waals surface area contributed by atoms with Crippen LogP contribution in [-0.2, 0) is 16.0 Å². The number of nitro groups is 1. The van der Waals surface area contributed by atoms with Crippen LogP contribution in [-0.4, -0.2) is 33.7 Å². The number of hydrogen-bond acceptors (Lipinski definition) is 6. The smallest absolute Gasteiger partial charge is 0.408 e. The van der Waals surface area contributed by atoms with Crippen LogP contribution in [0.5, 0.6) is 0 Å². The van der Waals surface area contributed by atoms with E-state index in [2.05, 4.69) is 5.32 Å². The number of carbonyl (C=O) groups is 2. The maximum Gasteiger partial charge on any atom is 0.408 e. The molecular weight excluding hydrogens is 368 g/mol. The van der Waals surface area contributed by atoms with E-state index in [1.165, 1.54) is 18.2 Å². The van der Waals surface area contributed by atoms with Crippen LogP contribution in [0.1, 0.15) is 32.1 Å². The summed E-state index contributed by atoms with van der Waals surface area (Å²) in [4.78, 5) is 34.1. The first-order valence-corrected chi connectivity index (χ1v) is 8.52. The zero-order valence-electron chi connectivity index (χ0n) is 16.0. The number of nitro benzene ring substituents is 1. The average Bonchev–Trinajstić information content (AvgIpc) is 3.00. The summed E-state index contributed by atoms with van der Waals surface area (Å²) in [5.74, 6) is -0.762. The van der Waals surface area contributed by atoms with Crippen molar-refractivity contribution >= 4 is 17.7 Å². The normalized spacial score (nSPS) is 12.3. The molecule has 1 unspecified atom stereocenters. The van der Waals surface area contributed by atoms with E-state index >= 15 is 0 Å². The lowest BCUT2D eigenvalue weighted by molar-refractivity contribution is -0.384. The molecule has 1 amide bonds. The molecule has 2 aromatic rings. The molecule has 0 aliphatic rings. The third-order valence-corrected chi connectivity index (χ3v) is 3.67. The van der Waals surface area contributed by atoms with Crippen molar-refractivity contribution in [3.05, 3.63) is 51.8 Å². The van der Waals surface area contributed by atoms with Crippen LogP contribution in [0.25, 0.3) is 11.3 Å². The van der Waals surface area contributed by atoms with Crippen LogP contribution in [0.3, 0.4) is 0 Å². The van der Waals surface area contributed by atoms with Gasteiger partial charge in [-0.2, -0.15) is 0 Å². The molecule has 1 heterocycles. The monoisotopic (exact) mass is 390 g/mol. The fraction of sp³-hybridized carbons (Fsp3) is 0.368. The van der Waals surface area contributed by atoms with Crippen molar-refractivity contribution in [2.24, 2.45) is 0 Å². The highest BCUT2D eigenvalue weighted by Gasteiger charge is 2.26. The molecule has 0 radical (unpaired) electrons. The van der Waals surface area contributed by atoms with Gasteiger partial charge in [0, 0.05) is 12.5 Å². The molecule has 0 aliphatic carbocycles. The van der Waals surface area contributed by atoms with Gasteiger partial charge in [-0.3, -0.25) is 10.1 Å². The second-order valence-corrected chi connectivity index (χ2v) is 7.28. The Labute approximate surface area is 161 Å². The van der Waals surface area contributed by atoms with Crippen LogP contribution in [0.4, 0.5) is 10.5 Å². The molecule has 1 aromatic heterocycles. The molecule has 9 heteroatoms. The summed E-state index contributed by atoms with van der Waals surface area (Å²) < 4.78 is 10.7. The Kier molecular flexibility index (Phi) is 6.07. The molecule has 150 valence electrons. The molecule has 0 aliphatic heterocycles. The van der Waals surface area contributed by atoms with E-state index in [1.807, 2.05) is 0 Å². The van der Waals surface area contributed by atoms with E-state index in [0.29, 0.717) is 0 Å². The van der Waals surface area contributed by atoms with Crippen molar-refractivity contribution < 1.29 is 28.8 Å². The highest BCUT2D eigenvalue weighted by molar-refractivity contribution is 5.80. The third kappa shape index (κ3) is 5.57. The maximum absolute atomic E-state index is 11.8. The molecule has 0 saturated carbocycles. The van der Waals surface area contributed by atoms with Crippen molar-refractivity contribution in [2.45, 2.75) is 45.8 Å². The van der Waals surface area contributed by atoms with Gasteiger partial charge in [-0.25, -0.2) is 9.59 Å². The second-order valence-electron chi connectivity index (χ2n) is 7.28. The van der Waals surface area contributed by atoms with E-state index in [4.69, 9.17) is 9.15 Å². The Morgan fingerprint density at radius 3 is 2.54 bits per heavy atom. The number of aliphatic carboxylic acids is 1. The molecule has 1 atom stereocenters. The predicted octanol–water partition coefficient (Wildman–Crippen LogP) is 3.68. The number of furan rings is 1. The van der Waals surface area contributed by atoms with Gasteiger partial charge in [0.2, 0.25) is 0 Å². The zero-order valence-corrected chi connectivity index (χ0v) is 16.0. The minimum absolute atomic E-state index is 0.109. The Morgan fingerprint density at radius 1 is 1.29 bits per heavy atom. The quantitative estimate of drug-likeness (QED) is 0.568. The van der Waals surface area contributed by atoms with Gasteiger partial charge < -0.3 is 19.6 Å². The topological polar surface area (TPSA) is 132 Å². The van der Waals surface area contributed by atoms with Gasteiger partial charge in [-0.05, 0) is 51.5 Å². The Balaban J connectivity index is 2.20. The number of carbonyl (C=O) groups excluding carboxylic acids is 1. The lowest BCUT2D eigenvalue weighted by Gasteiger charge is -2.21. The molecule has 0 fully saturated rings. The molecule has 2 N–H and O–H groups in total. The summed E-state index contributed by atoms with van der Waals surface area (Å²) >= 11 is 0. The number of rotatable bonds is 6. The van der Waals surface area contributed by atoms with Crippen molar-refractivity contribution in [2.75, 3.05) is 0 Å². The van der Waals surface area contributed by atoms with E-state index in [0.717, 1.165) is 5.56 Å². The van der Waals surface area contributed by atoms with E-state index in [1.54, 1.807) is 39.8 Å². The first-order chi connectivity index (χ1) is 13.0. The van der Waals surface area contributed by atoms with Crippen molar-refractivity contribution in [3.8, 4) is 11.3 Å². The van der Waals surface area contributed by atoms with E-state index in [-0.39, 0.29) is 29.2 Å². The van der Waals surface area contributed by atoms with Gasteiger partial charge in [0.25, 0.3) is 5.69 Å². The van der Waals surface area contributed by atoms with Crippen LogP contribution < -0.4 is 5.32 Å². The molecule has 1 aromatic carbocycles. The highest BCUT2D eigenvalue weighted by Crippen LogP contribution is 2.32.